The molecule has 0 radical (unpaired) electrons. The molecule has 7 heteroatoms. The Kier molecular flexibility index (Phi) is 7.28. The lowest BCUT2D eigenvalue weighted by Gasteiger charge is -2.10. The van der Waals surface area contributed by atoms with Gasteiger partial charge in [0.25, 0.3) is 0 Å². The van der Waals surface area contributed by atoms with E-state index >= 15 is 0 Å². The van der Waals surface area contributed by atoms with E-state index in [-0.39, 0.29) is 5.91 Å². The predicted octanol–water partition coefficient (Wildman–Crippen LogP) is 4.49. The first-order valence-electron chi connectivity index (χ1n) is 9.44. The molecule has 3 rings (SSSR count). The van der Waals surface area contributed by atoms with Crippen molar-refractivity contribution < 1.29 is 4.79 Å². The molecule has 0 saturated heterocycles. The van der Waals surface area contributed by atoms with Crippen LogP contribution in [0.15, 0.2) is 41.1 Å². The van der Waals surface area contributed by atoms with Crippen LogP contribution in [0.2, 0.25) is 0 Å². The van der Waals surface area contributed by atoms with Gasteiger partial charge in [-0.15, -0.1) is 11.3 Å². The van der Waals surface area contributed by atoms with Crippen LogP contribution < -0.4 is 5.32 Å². The zero-order valence-corrected chi connectivity index (χ0v) is 18.2. The topological polar surface area (TPSA) is 59.8 Å². The van der Waals surface area contributed by atoms with Crippen LogP contribution in [-0.2, 0) is 11.2 Å². The Morgan fingerprint density at radius 1 is 1.18 bits per heavy atom. The van der Waals surface area contributed by atoms with E-state index in [9.17, 15) is 4.79 Å². The van der Waals surface area contributed by atoms with Crippen LogP contribution >= 0.6 is 23.1 Å². The average Bonchev–Trinajstić information content (AvgIpc) is 3.27. The van der Waals surface area contributed by atoms with Crippen molar-refractivity contribution in [2.45, 2.75) is 45.2 Å². The Morgan fingerprint density at radius 2 is 1.96 bits per heavy atom. The molecule has 5 nitrogen and oxygen atoms in total. The molecular weight excluding hydrogens is 388 g/mol. The number of imidazole rings is 1. The molecule has 1 aromatic carbocycles. The maximum Gasteiger partial charge on any atom is 0.230 e. The first-order chi connectivity index (χ1) is 13.5. The third-order valence-corrected chi connectivity index (χ3v) is 6.22. The van der Waals surface area contributed by atoms with Gasteiger partial charge in [-0.05, 0) is 63.3 Å². The number of thioether (sulfide) groups is 1. The fourth-order valence-corrected chi connectivity index (χ4v) is 4.63. The fraction of sp³-hybridized carbons (Fsp3) is 0.381. The van der Waals surface area contributed by atoms with Crippen molar-refractivity contribution in [3.05, 3.63) is 57.8 Å². The van der Waals surface area contributed by atoms with Crippen molar-refractivity contribution in [2.75, 3.05) is 12.3 Å². The van der Waals surface area contributed by atoms with E-state index in [1.165, 1.54) is 27.9 Å². The van der Waals surface area contributed by atoms with E-state index in [0.717, 1.165) is 35.8 Å². The van der Waals surface area contributed by atoms with Gasteiger partial charge in [0.05, 0.1) is 10.8 Å². The van der Waals surface area contributed by atoms with E-state index in [1.807, 2.05) is 17.7 Å². The van der Waals surface area contributed by atoms with Crippen molar-refractivity contribution in [2.24, 2.45) is 0 Å². The monoisotopic (exact) mass is 414 g/mol. The van der Waals surface area contributed by atoms with Crippen LogP contribution in [0.1, 0.15) is 34.7 Å². The zero-order valence-electron chi connectivity index (χ0n) is 16.6. The summed E-state index contributed by atoms with van der Waals surface area (Å²) in [7, 11) is 0. The lowest BCUT2D eigenvalue weighted by Crippen LogP contribution is -2.26. The van der Waals surface area contributed by atoms with Gasteiger partial charge in [-0.25, -0.2) is 9.97 Å². The summed E-state index contributed by atoms with van der Waals surface area (Å²) in [6.45, 7) is 6.89. The molecule has 1 amide bonds. The lowest BCUT2D eigenvalue weighted by atomic mass is 10.1. The number of benzene rings is 1. The van der Waals surface area contributed by atoms with E-state index in [1.54, 1.807) is 17.5 Å². The number of rotatable bonds is 9. The van der Waals surface area contributed by atoms with E-state index in [4.69, 9.17) is 0 Å². The molecule has 1 N–H and O–H groups in total. The minimum absolute atomic E-state index is 0.0464. The zero-order chi connectivity index (χ0) is 19.9. The standard InChI is InChI=1S/C21H26N4OS2/c1-15-10-16(2)12-18(11-15)25-9-8-23-21(25)28-14-19(26)22-7-5-4-6-20-24-17(3)13-27-20/h8-13H,4-7,14H2,1-3H3,(H,22,26). The van der Waals surface area contributed by atoms with Crippen molar-refractivity contribution in [1.82, 2.24) is 19.9 Å². The van der Waals surface area contributed by atoms with Gasteiger partial charge >= 0.3 is 0 Å². The van der Waals surface area contributed by atoms with Crippen LogP contribution in [0.25, 0.3) is 5.69 Å². The molecule has 3 aromatic rings. The Morgan fingerprint density at radius 3 is 2.68 bits per heavy atom. The van der Waals surface area contributed by atoms with Gasteiger partial charge in [0.15, 0.2) is 5.16 Å². The third-order valence-electron chi connectivity index (χ3n) is 4.23. The third kappa shape index (κ3) is 5.94. The molecule has 2 aromatic heterocycles. The van der Waals surface area contributed by atoms with Gasteiger partial charge in [0.2, 0.25) is 5.91 Å². The van der Waals surface area contributed by atoms with Crippen molar-refractivity contribution in [3.8, 4) is 5.69 Å². The second-order valence-electron chi connectivity index (χ2n) is 6.90. The van der Waals surface area contributed by atoms with Gasteiger partial charge in [-0.1, -0.05) is 17.8 Å². The van der Waals surface area contributed by atoms with Crippen LogP contribution in [-0.4, -0.2) is 32.7 Å². The number of hydrogen-bond donors (Lipinski definition) is 1. The number of amides is 1. The Labute approximate surface area is 174 Å². The van der Waals surface area contributed by atoms with E-state index in [0.29, 0.717) is 12.3 Å². The smallest absolute Gasteiger partial charge is 0.230 e. The number of aryl methyl sites for hydroxylation is 4. The highest BCUT2D eigenvalue weighted by atomic mass is 32.2. The molecule has 0 atom stereocenters. The van der Waals surface area contributed by atoms with Crippen LogP contribution in [0.5, 0.6) is 0 Å². The molecular formula is C21H26N4OS2. The van der Waals surface area contributed by atoms with Crippen LogP contribution in [0.4, 0.5) is 0 Å². The summed E-state index contributed by atoms with van der Waals surface area (Å²) >= 11 is 3.17. The van der Waals surface area contributed by atoms with Crippen LogP contribution in [0.3, 0.4) is 0 Å². The van der Waals surface area contributed by atoms with Crippen molar-refractivity contribution in [3.63, 3.8) is 0 Å². The predicted molar refractivity (Wildman–Crippen MR) is 117 cm³/mol. The Bertz CT molecular complexity index is 912. The SMILES string of the molecule is Cc1cc(C)cc(-n2ccnc2SCC(=O)NCCCCc2nc(C)cs2)c1. The number of thiazole rings is 1. The minimum atomic E-state index is 0.0464. The summed E-state index contributed by atoms with van der Waals surface area (Å²) in [4.78, 5) is 21.0. The fourth-order valence-electron chi connectivity index (χ4n) is 3.01. The highest BCUT2D eigenvalue weighted by Gasteiger charge is 2.09. The van der Waals surface area contributed by atoms with Gasteiger partial charge in [0, 0.05) is 35.7 Å². The summed E-state index contributed by atoms with van der Waals surface area (Å²) < 4.78 is 2.04. The van der Waals surface area contributed by atoms with Gasteiger partial charge < -0.3 is 5.32 Å². The minimum Gasteiger partial charge on any atom is -0.355 e. The summed E-state index contributed by atoms with van der Waals surface area (Å²) in [6.07, 6.45) is 6.70. The number of carbonyl (C=O) groups is 1. The molecule has 0 spiro atoms. The molecule has 0 fully saturated rings. The molecule has 28 heavy (non-hydrogen) atoms. The maximum absolute atomic E-state index is 12.2. The molecule has 2 heterocycles. The molecule has 148 valence electrons. The second-order valence-corrected chi connectivity index (χ2v) is 8.79. The van der Waals surface area contributed by atoms with E-state index < -0.39 is 0 Å². The summed E-state index contributed by atoms with van der Waals surface area (Å²) in [5.74, 6) is 0.415. The number of aromatic nitrogens is 3. The van der Waals surface area contributed by atoms with E-state index in [2.05, 4.69) is 52.7 Å². The second kappa shape index (κ2) is 9.89. The average molecular weight is 415 g/mol. The highest BCUT2D eigenvalue weighted by molar-refractivity contribution is 7.99. The number of nitrogens with one attached hydrogen (secondary N) is 1. The molecule has 0 aliphatic rings. The first kappa shape index (κ1) is 20.6. The maximum atomic E-state index is 12.2. The molecule has 0 saturated carbocycles. The summed E-state index contributed by atoms with van der Waals surface area (Å²) in [6, 6.07) is 6.40. The van der Waals surface area contributed by atoms with Crippen molar-refractivity contribution in [1.29, 1.82) is 0 Å². The highest BCUT2D eigenvalue weighted by Crippen LogP contribution is 2.22. The van der Waals surface area contributed by atoms with Gasteiger partial charge in [0.1, 0.15) is 0 Å². The van der Waals surface area contributed by atoms with Gasteiger partial charge in [-0.2, -0.15) is 0 Å². The molecule has 0 unspecified atom stereocenters. The molecule has 0 aliphatic carbocycles. The first-order valence-corrected chi connectivity index (χ1v) is 11.3. The molecule has 0 bridgehead atoms. The summed E-state index contributed by atoms with van der Waals surface area (Å²) in [5, 5.41) is 7.09. The molecule has 0 aliphatic heterocycles. The quantitative estimate of drug-likeness (QED) is 0.414. The number of hydrogen-bond acceptors (Lipinski definition) is 5. The van der Waals surface area contributed by atoms with Crippen molar-refractivity contribution >= 4 is 29.0 Å². The Balaban J connectivity index is 1.42. The number of unbranched alkanes of at least 4 members (excludes halogenated alkanes) is 1. The normalized spacial score (nSPS) is 11.0. The number of carbonyl (C=O) groups excluding carboxylic acids is 1. The summed E-state index contributed by atoms with van der Waals surface area (Å²) in [5.41, 5.74) is 4.59. The largest absolute Gasteiger partial charge is 0.355 e. The lowest BCUT2D eigenvalue weighted by molar-refractivity contribution is -0.118. The van der Waals surface area contributed by atoms with Crippen LogP contribution in [0, 0.1) is 20.8 Å². The van der Waals surface area contributed by atoms with Gasteiger partial charge in [-0.3, -0.25) is 9.36 Å². The Hall–Kier alpha value is -2.12. The number of nitrogens with zero attached hydrogens (tertiary/aromatic N) is 3.